The number of rotatable bonds is 16. The highest BCUT2D eigenvalue weighted by molar-refractivity contribution is 7.90. The van der Waals surface area contributed by atoms with Gasteiger partial charge < -0.3 is 31.1 Å². The fourth-order valence-corrected chi connectivity index (χ4v) is 4.80. The molecule has 0 aromatic heterocycles. The average molecular weight is 627 g/mol. The van der Waals surface area contributed by atoms with Crippen molar-refractivity contribution in [1.82, 2.24) is 21.3 Å². The van der Waals surface area contributed by atoms with Crippen LogP contribution < -0.4 is 21.3 Å². The quantitative estimate of drug-likeness (QED) is 0.185. The Kier molecular flexibility index (Phi) is 15.1. The summed E-state index contributed by atoms with van der Waals surface area (Å²) in [6, 6.07) is 6.25. The molecule has 1 aromatic carbocycles. The van der Waals surface area contributed by atoms with Crippen molar-refractivity contribution in [1.29, 1.82) is 0 Å². The van der Waals surface area contributed by atoms with E-state index in [0.717, 1.165) is 11.8 Å². The summed E-state index contributed by atoms with van der Waals surface area (Å²) in [4.78, 5) is 51.0. The third-order valence-corrected chi connectivity index (χ3v) is 7.38. The van der Waals surface area contributed by atoms with Gasteiger partial charge in [-0.3, -0.25) is 14.4 Å². The number of hydrogen-bond acceptors (Lipinski definition) is 8. The van der Waals surface area contributed by atoms with Crippen molar-refractivity contribution < 1.29 is 37.4 Å². The summed E-state index contributed by atoms with van der Waals surface area (Å²) in [5, 5.41) is 21.4. The molecule has 12 nitrogen and oxygen atoms in total. The molecule has 0 saturated heterocycles. The summed E-state index contributed by atoms with van der Waals surface area (Å²) in [7, 11) is -3.41. The van der Waals surface area contributed by atoms with E-state index in [1.54, 1.807) is 27.7 Å². The maximum atomic E-state index is 12.9. The molecule has 0 unspecified atom stereocenters. The van der Waals surface area contributed by atoms with Gasteiger partial charge in [-0.15, -0.1) is 0 Å². The zero-order chi connectivity index (χ0) is 33.0. The van der Waals surface area contributed by atoms with Crippen LogP contribution in [0.1, 0.15) is 73.3 Å². The highest BCUT2D eigenvalue weighted by atomic mass is 32.2. The van der Waals surface area contributed by atoms with Crippen molar-refractivity contribution >= 4 is 33.7 Å². The van der Waals surface area contributed by atoms with Gasteiger partial charge in [0.2, 0.25) is 17.7 Å². The van der Waals surface area contributed by atoms with Crippen molar-refractivity contribution in [3.05, 3.63) is 35.9 Å². The predicted molar refractivity (Wildman–Crippen MR) is 165 cm³/mol. The summed E-state index contributed by atoms with van der Waals surface area (Å²) >= 11 is 0. The number of aliphatic hydroxyl groups is 1. The third kappa shape index (κ3) is 16.3. The summed E-state index contributed by atoms with van der Waals surface area (Å²) in [6.45, 7) is 12.3. The molecule has 0 aliphatic carbocycles. The van der Waals surface area contributed by atoms with Gasteiger partial charge in [-0.1, -0.05) is 51.1 Å². The maximum absolute atomic E-state index is 12.9. The normalized spacial score (nSPS) is 15.4. The minimum Gasteiger partial charge on any atom is -0.444 e. The molecule has 244 valence electrons. The molecule has 1 aromatic rings. The molecule has 4 amide bonds. The second-order valence-electron chi connectivity index (χ2n) is 12.5. The fourth-order valence-electron chi connectivity index (χ4n) is 4.14. The monoisotopic (exact) mass is 626 g/mol. The Hall–Kier alpha value is -3.19. The minimum atomic E-state index is -3.41. The topological polar surface area (TPSA) is 180 Å². The van der Waals surface area contributed by atoms with Crippen LogP contribution >= 0.6 is 0 Å². The van der Waals surface area contributed by atoms with E-state index in [2.05, 4.69) is 21.3 Å². The van der Waals surface area contributed by atoms with Crippen LogP contribution in [-0.2, 0) is 35.5 Å². The van der Waals surface area contributed by atoms with Crippen LogP contribution in [-0.4, -0.2) is 79.2 Å². The predicted octanol–water partition coefficient (Wildman–Crippen LogP) is 2.05. The molecule has 0 radical (unpaired) electrons. The van der Waals surface area contributed by atoms with Gasteiger partial charge in [-0.05, 0) is 58.4 Å². The van der Waals surface area contributed by atoms with E-state index in [4.69, 9.17) is 4.74 Å². The number of ether oxygens (including phenoxy) is 1. The summed E-state index contributed by atoms with van der Waals surface area (Å²) in [5.74, 6) is -2.63. The SMILES string of the molecule is CC(C)C[C@H](NC(=O)OC(C)(C)C)[C@@H](O)C[C@@H](C)C(=O)N[C@@H](C)C(=O)N[C@@H](CCS(C)(=O)=O)C(=O)NCc1ccccc1. The summed E-state index contributed by atoms with van der Waals surface area (Å²) < 4.78 is 28.8. The lowest BCUT2D eigenvalue weighted by Gasteiger charge is -2.29. The lowest BCUT2D eigenvalue weighted by molar-refractivity contribution is -0.133. The van der Waals surface area contributed by atoms with Crippen LogP contribution in [0.3, 0.4) is 0 Å². The zero-order valence-electron chi connectivity index (χ0n) is 26.6. The van der Waals surface area contributed by atoms with Gasteiger partial charge in [-0.25, -0.2) is 13.2 Å². The lowest BCUT2D eigenvalue weighted by Crippen LogP contribution is -2.54. The first-order chi connectivity index (χ1) is 19.8. The van der Waals surface area contributed by atoms with Gasteiger partial charge in [0.15, 0.2) is 0 Å². The van der Waals surface area contributed by atoms with Crippen LogP contribution in [0.15, 0.2) is 30.3 Å². The number of benzene rings is 1. The fraction of sp³-hybridized carbons (Fsp3) is 0.667. The number of sulfone groups is 1. The molecule has 13 heteroatoms. The average Bonchev–Trinajstić information content (AvgIpc) is 2.87. The molecular formula is C30H50N4O8S. The highest BCUT2D eigenvalue weighted by Crippen LogP contribution is 2.17. The number of hydrogen-bond donors (Lipinski definition) is 5. The van der Waals surface area contributed by atoms with E-state index >= 15 is 0 Å². The van der Waals surface area contributed by atoms with Crippen LogP contribution in [0.25, 0.3) is 0 Å². The Bertz CT molecular complexity index is 1170. The van der Waals surface area contributed by atoms with E-state index < -0.39 is 69.4 Å². The van der Waals surface area contributed by atoms with Gasteiger partial charge in [-0.2, -0.15) is 0 Å². The second-order valence-corrected chi connectivity index (χ2v) is 14.8. The first kappa shape index (κ1) is 37.8. The number of carbonyl (C=O) groups excluding carboxylic acids is 4. The van der Waals surface area contributed by atoms with Crippen molar-refractivity contribution in [2.75, 3.05) is 12.0 Å². The van der Waals surface area contributed by atoms with Crippen molar-refractivity contribution in [3.8, 4) is 0 Å². The number of alkyl carbamates (subject to hydrolysis) is 1. The lowest BCUT2D eigenvalue weighted by atomic mass is 9.92. The molecule has 5 atom stereocenters. The van der Waals surface area contributed by atoms with Crippen molar-refractivity contribution in [3.63, 3.8) is 0 Å². The van der Waals surface area contributed by atoms with Crippen LogP contribution in [0, 0.1) is 11.8 Å². The molecule has 5 N–H and O–H groups in total. The Morgan fingerprint density at radius 1 is 0.884 bits per heavy atom. The standard InChI is InChI=1S/C30H50N4O8S/c1-19(2)16-24(34-29(39)42-30(5,6)7)25(35)17-20(3)26(36)32-21(4)27(37)33-23(14-15-43(8,40)41)28(38)31-18-22-12-10-9-11-13-22/h9-13,19-21,23-25,35H,14-18H2,1-8H3,(H,31,38)(H,32,36)(H,33,37)(H,34,39)/t20-,21+,23+,24+,25+/m1/s1. The molecule has 0 aliphatic rings. The van der Waals surface area contributed by atoms with E-state index in [1.165, 1.54) is 6.92 Å². The van der Waals surface area contributed by atoms with Crippen molar-refractivity contribution in [2.24, 2.45) is 11.8 Å². The van der Waals surface area contributed by atoms with Gasteiger partial charge in [0.25, 0.3) is 0 Å². The largest absolute Gasteiger partial charge is 0.444 e. The number of aliphatic hydroxyl groups excluding tert-OH is 1. The number of amides is 4. The minimum absolute atomic E-state index is 0.00618. The first-order valence-electron chi connectivity index (χ1n) is 14.5. The van der Waals surface area contributed by atoms with Gasteiger partial charge in [0.05, 0.1) is 17.9 Å². The Balaban J connectivity index is 2.81. The van der Waals surface area contributed by atoms with Crippen LogP contribution in [0.2, 0.25) is 0 Å². The Morgan fingerprint density at radius 3 is 2.02 bits per heavy atom. The number of nitrogens with one attached hydrogen (secondary N) is 4. The number of carbonyl (C=O) groups is 4. The second kappa shape index (κ2) is 17.2. The molecule has 0 fully saturated rings. The summed E-state index contributed by atoms with van der Waals surface area (Å²) in [5.41, 5.74) is 0.117. The van der Waals surface area contributed by atoms with E-state index in [9.17, 15) is 32.7 Å². The maximum Gasteiger partial charge on any atom is 0.407 e. The molecule has 0 aliphatic heterocycles. The highest BCUT2D eigenvalue weighted by Gasteiger charge is 2.30. The van der Waals surface area contributed by atoms with Gasteiger partial charge in [0.1, 0.15) is 27.5 Å². The summed E-state index contributed by atoms with van der Waals surface area (Å²) in [6.07, 6.45) is -0.371. The Morgan fingerprint density at radius 2 is 1.49 bits per heavy atom. The van der Waals surface area contributed by atoms with Gasteiger partial charge >= 0.3 is 6.09 Å². The molecule has 0 saturated carbocycles. The Labute approximate surface area is 256 Å². The van der Waals surface area contributed by atoms with Crippen molar-refractivity contribution in [2.45, 2.75) is 104 Å². The molecule has 1 rings (SSSR count). The van der Waals surface area contributed by atoms with Gasteiger partial charge in [0, 0.05) is 18.7 Å². The molecular weight excluding hydrogens is 576 g/mol. The van der Waals surface area contributed by atoms with E-state index in [1.807, 2.05) is 44.2 Å². The first-order valence-corrected chi connectivity index (χ1v) is 16.6. The van der Waals surface area contributed by atoms with Crippen LogP contribution in [0.5, 0.6) is 0 Å². The molecule has 43 heavy (non-hydrogen) atoms. The molecule has 0 bridgehead atoms. The molecule has 0 spiro atoms. The smallest absolute Gasteiger partial charge is 0.407 e. The molecule has 0 heterocycles. The van der Waals surface area contributed by atoms with Crippen LogP contribution in [0.4, 0.5) is 4.79 Å². The van der Waals surface area contributed by atoms with E-state index in [0.29, 0.717) is 6.42 Å². The third-order valence-electron chi connectivity index (χ3n) is 6.41. The zero-order valence-corrected chi connectivity index (χ0v) is 27.4. The van der Waals surface area contributed by atoms with E-state index in [-0.39, 0.29) is 31.1 Å².